The van der Waals surface area contributed by atoms with Crippen molar-refractivity contribution in [3.63, 3.8) is 0 Å². The molecule has 1 N–H and O–H groups in total. The second-order valence-electron chi connectivity index (χ2n) is 5.66. The van der Waals surface area contributed by atoms with E-state index in [1.165, 1.54) is 23.1 Å². The lowest BCUT2D eigenvalue weighted by Gasteiger charge is -2.17. The van der Waals surface area contributed by atoms with Crippen molar-refractivity contribution < 1.29 is 18.7 Å². The summed E-state index contributed by atoms with van der Waals surface area (Å²) in [5.41, 5.74) is 1.39. The maximum absolute atomic E-state index is 13.1. The quantitative estimate of drug-likeness (QED) is 0.840. The van der Waals surface area contributed by atoms with Crippen molar-refractivity contribution >= 4 is 17.5 Å². The van der Waals surface area contributed by atoms with E-state index in [-0.39, 0.29) is 18.4 Å². The van der Waals surface area contributed by atoms with Gasteiger partial charge in [-0.25, -0.2) is 4.39 Å². The second kappa shape index (κ2) is 8.82. The van der Waals surface area contributed by atoms with Crippen LogP contribution in [0.5, 0.6) is 5.75 Å². The first-order valence-electron chi connectivity index (χ1n) is 7.90. The predicted octanol–water partition coefficient (Wildman–Crippen LogP) is 2.86. The monoisotopic (exact) mass is 344 g/mol. The summed E-state index contributed by atoms with van der Waals surface area (Å²) in [6.45, 7) is -0.0854. The number of nitrogens with one attached hydrogen (secondary N) is 1. The summed E-state index contributed by atoms with van der Waals surface area (Å²) in [7, 11) is 3.17. The minimum Gasteiger partial charge on any atom is -0.497 e. The molecule has 0 saturated carbocycles. The lowest BCUT2D eigenvalue weighted by atomic mass is 10.1. The molecule has 0 aromatic heterocycles. The van der Waals surface area contributed by atoms with Crippen LogP contribution in [-0.2, 0) is 16.0 Å². The van der Waals surface area contributed by atoms with Gasteiger partial charge in [0.25, 0.3) is 0 Å². The van der Waals surface area contributed by atoms with E-state index >= 15 is 0 Å². The zero-order valence-corrected chi connectivity index (χ0v) is 14.3. The third-order valence-electron chi connectivity index (χ3n) is 3.70. The molecule has 2 aromatic rings. The number of carbonyl (C=O) groups excluding carboxylic acids is 2. The van der Waals surface area contributed by atoms with Crippen molar-refractivity contribution in [1.29, 1.82) is 0 Å². The number of halogens is 1. The van der Waals surface area contributed by atoms with E-state index in [1.54, 1.807) is 20.2 Å². The molecule has 0 atom stereocenters. The van der Waals surface area contributed by atoms with Crippen molar-refractivity contribution in [1.82, 2.24) is 4.90 Å². The van der Waals surface area contributed by atoms with Gasteiger partial charge in [-0.3, -0.25) is 9.59 Å². The zero-order valence-electron chi connectivity index (χ0n) is 14.3. The Balaban J connectivity index is 1.79. The van der Waals surface area contributed by atoms with Crippen LogP contribution in [0.25, 0.3) is 0 Å². The lowest BCUT2D eigenvalue weighted by Crippen LogP contribution is -2.35. The van der Waals surface area contributed by atoms with E-state index in [2.05, 4.69) is 5.32 Å². The minimum atomic E-state index is -0.429. The molecule has 6 heteroatoms. The van der Waals surface area contributed by atoms with Gasteiger partial charge >= 0.3 is 0 Å². The molecule has 2 aromatic carbocycles. The molecule has 0 saturated heterocycles. The van der Waals surface area contributed by atoms with Gasteiger partial charge in [-0.05, 0) is 42.3 Å². The molecular formula is C19H21FN2O3. The number of anilines is 1. The highest BCUT2D eigenvalue weighted by Crippen LogP contribution is 2.13. The van der Waals surface area contributed by atoms with Gasteiger partial charge < -0.3 is 15.0 Å². The number of methoxy groups -OCH3 is 1. The van der Waals surface area contributed by atoms with Gasteiger partial charge in [-0.15, -0.1) is 0 Å². The Kier molecular flexibility index (Phi) is 6.51. The number of carbonyl (C=O) groups is 2. The van der Waals surface area contributed by atoms with Crippen LogP contribution in [0.15, 0.2) is 48.5 Å². The molecule has 5 nitrogen and oxygen atoms in total. The maximum Gasteiger partial charge on any atom is 0.243 e. The molecule has 0 aliphatic heterocycles. The van der Waals surface area contributed by atoms with Crippen molar-refractivity contribution in [2.24, 2.45) is 0 Å². The van der Waals surface area contributed by atoms with E-state index in [9.17, 15) is 14.0 Å². The van der Waals surface area contributed by atoms with Gasteiger partial charge in [0.15, 0.2) is 0 Å². The van der Waals surface area contributed by atoms with Crippen molar-refractivity contribution in [3.8, 4) is 5.75 Å². The molecular weight excluding hydrogens is 323 g/mol. The second-order valence-corrected chi connectivity index (χ2v) is 5.66. The van der Waals surface area contributed by atoms with E-state index in [1.807, 2.05) is 24.3 Å². The molecule has 0 unspecified atom stereocenters. The highest BCUT2D eigenvalue weighted by Gasteiger charge is 2.13. The number of benzene rings is 2. The van der Waals surface area contributed by atoms with Crippen LogP contribution in [0.4, 0.5) is 10.1 Å². The SMILES string of the molecule is COc1ccc(CCC(=O)N(C)CC(=O)Nc2cccc(F)c2)cc1. The Morgan fingerprint density at radius 1 is 1.16 bits per heavy atom. The first-order chi connectivity index (χ1) is 12.0. The Labute approximate surface area is 146 Å². The first-order valence-corrected chi connectivity index (χ1v) is 7.90. The summed E-state index contributed by atoms with van der Waals surface area (Å²) < 4.78 is 18.2. The van der Waals surface area contributed by atoms with E-state index in [0.717, 1.165) is 11.3 Å². The molecule has 25 heavy (non-hydrogen) atoms. The van der Waals surface area contributed by atoms with Gasteiger partial charge in [-0.2, -0.15) is 0 Å². The predicted molar refractivity (Wildman–Crippen MR) is 94.0 cm³/mol. The van der Waals surface area contributed by atoms with Crippen molar-refractivity contribution in [2.45, 2.75) is 12.8 Å². The largest absolute Gasteiger partial charge is 0.497 e. The Hall–Kier alpha value is -2.89. The highest BCUT2D eigenvalue weighted by atomic mass is 19.1. The average molecular weight is 344 g/mol. The van der Waals surface area contributed by atoms with Crippen LogP contribution >= 0.6 is 0 Å². The number of likely N-dealkylation sites (N-methyl/N-ethyl adjacent to an activating group) is 1. The molecule has 0 aliphatic rings. The van der Waals surface area contributed by atoms with Crippen LogP contribution in [0.2, 0.25) is 0 Å². The van der Waals surface area contributed by atoms with E-state index in [0.29, 0.717) is 18.5 Å². The third-order valence-corrected chi connectivity index (χ3v) is 3.70. The summed E-state index contributed by atoms with van der Waals surface area (Å²) in [6, 6.07) is 13.1. The van der Waals surface area contributed by atoms with Gasteiger partial charge in [0, 0.05) is 19.2 Å². The van der Waals surface area contributed by atoms with Gasteiger partial charge in [-0.1, -0.05) is 18.2 Å². The number of amides is 2. The van der Waals surface area contributed by atoms with Crippen molar-refractivity contribution in [2.75, 3.05) is 26.0 Å². The summed E-state index contributed by atoms with van der Waals surface area (Å²) >= 11 is 0. The van der Waals surface area contributed by atoms with Crippen molar-refractivity contribution in [3.05, 3.63) is 59.9 Å². The number of hydrogen-bond donors (Lipinski definition) is 1. The van der Waals surface area contributed by atoms with E-state index < -0.39 is 5.82 Å². The van der Waals surface area contributed by atoms with Gasteiger partial charge in [0.1, 0.15) is 11.6 Å². The Morgan fingerprint density at radius 2 is 1.88 bits per heavy atom. The fourth-order valence-corrected chi connectivity index (χ4v) is 2.30. The number of aryl methyl sites for hydroxylation is 1. The van der Waals surface area contributed by atoms with E-state index in [4.69, 9.17) is 4.74 Å². The highest BCUT2D eigenvalue weighted by molar-refractivity contribution is 5.94. The zero-order chi connectivity index (χ0) is 18.2. The molecule has 0 spiro atoms. The van der Waals surface area contributed by atoms with Crippen LogP contribution in [0, 0.1) is 5.82 Å². The van der Waals surface area contributed by atoms with Gasteiger partial charge in [0.05, 0.1) is 13.7 Å². The lowest BCUT2D eigenvalue weighted by molar-refractivity contribution is -0.133. The smallest absolute Gasteiger partial charge is 0.243 e. The first kappa shape index (κ1) is 18.4. The molecule has 2 amide bonds. The molecule has 2 rings (SSSR count). The number of nitrogens with zero attached hydrogens (tertiary/aromatic N) is 1. The number of rotatable bonds is 7. The maximum atomic E-state index is 13.1. The minimum absolute atomic E-state index is 0.0854. The Bertz CT molecular complexity index is 732. The fourth-order valence-electron chi connectivity index (χ4n) is 2.30. The fraction of sp³-hybridized carbons (Fsp3) is 0.263. The van der Waals surface area contributed by atoms with Crippen LogP contribution < -0.4 is 10.1 Å². The normalized spacial score (nSPS) is 10.2. The van der Waals surface area contributed by atoms with Crippen LogP contribution in [0.3, 0.4) is 0 Å². The van der Waals surface area contributed by atoms with Gasteiger partial charge in [0.2, 0.25) is 11.8 Å². The molecule has 0 aliphatic carbocycles. The summed E-state index contributed by atoms with van der Waals surface area (Å²) in [5, 5.41) is 2.57. The summed E-state index contributed by atoms with van der Waals surface area (Å²) in [6.07, 6.45) is 0.884. The Morgan fingerprint density at radius 3 is 2.52 bits per heavy atom. The summed E-state index contributed by atoms with van der Waals surface area (Å²) in [4.78, 5) is 25.4. The molecule has 132 valence electrons. The number of hydrogen-bond acceptors (Lipinski definition) is 3. The van der Waals surface area contributed by atoms with Crippen LogP contribution in [-0.4, -0.2) is 37.4 Å². The standard InChI is InChI=1S/C19H21FN2O3/c1-22(13-18(23)21-16-5-3-4-15(20)12-16)19(24)11-8-14-6-9-17(25-2)10-7-14/h3-7,9-10,12H,8,11,13H2,1-2H3,(H,21,23). The van der Waals surface area contributed by atoms with Crippen LogP contribution in [0.1, 0.15) is 12.0 Å². The topological polar surface area (TPSA) is 58.6 Å². The third kappa shape index (κ3) is 5.91. The molecule has 0 bridgehead atoms. The number of ether oxygens (including phenoxy) is 1. The molecule has 0 radical (unpaired) electrons. The molecule has 0 heterocycles. The molecule has 0 fully saturated rings. The average Bonchev–Trinajstić information content (AvgIpc) is 2.59. The summed E-state index contributed by atoms with van der Waals surface area (Å²) in [5.74, 6) is -0.168.